The van der Waals surface area contributed by atoms with E-state index in [1.54, 1.807) is 13.3 Å². The van der Waals surface area contributed by atoms with Crippen LogP contribution in [0.25, 0.3) is 0 Å². The van der Waals surface area contributed by atoms with Crippen LogP contribution in [0.1, 0.15) is 11.1 Å². The number of aromatic nitrogens is 3. The molecule has 0 unspecified atom stereocenters. The van der Waals surface area contributed by atoms with Gasteiger partial charge in [0.2, 0.25) is 5.95 Å². The number of methoxy groups -OCH3 is 1. The Morgan fingerprint density at radius 3 is 2.75 bits per heavy atom. The average Bonchev–Trinajstić information content (AvgIpc) is 3.13. The molecule has 1 N–H and O–H groups in total. The lowest BCUT2D eigenvalue weighted by Crippen LogP contribution is -2.01. The van der Waals surface area contributed by atoms with Gasteiger partial charge in [0.25, 0.3) is 0 Å². The third kappa shape index (κ3) is 3.91. The van der Waals surface area contributed by atoms with E-state index in [1.165, 1.54) is 6.33 Å². The lowest BCUT2D eigenvalue weighted by Gasteiger charge is -2.13. The van der Waals surface area contributed by atoms with Crippen molar-refractivity contribution in [2.75, 3.05) is 7.11 Å². The molecule has 0 saturated heterocycles. The van der Waals surface area contributed by atoms with Crippen LogP contribution in [-0.4, -0.2) is 28.5 Å². The standard InChI is InChI=1S/C17H15ClN4O2/c1-23-15-4-2-3-13(9-19-17-20-11-21-22-17)16(15)24-10-12-5-7-14(18)8-6-12/h2-9,11H,10H2,1H3,(H,20,21,22). The second-order valence-corrected chi connectivity index (χ2v) is 5.30. The molecule has 7 heteroatoms. The van der Waals surface area contributed by atoms with Gasteiger partial charge in [-0.1, -0.05) is 29.8 Å². The highest BCUT2D eigenvalue weighted by Crippen LogP contribution is 2.31. The predicted octanol–water partition coefficient (Wildman–Crippen LogP) is 3.80. The molecule has 0 atom stereocenters. The summed E-state index contributed by atoms with van der Waals surface area (Å²) in [6, 6.07) is 13.1. The first-order valence-electron chi connectivity index (χ1n) is 7.20. The number of hydrogen-bond acceptors (Lipinski definition) is 5. The zero-order chi connectivity index (χ0) is 16.8. The number of para-hydroxylation sites is 1. The van der Waals surface area contributed by atoms with Crippen LogP contribution in [0.3, 0.4) is 0 Å². The molecule has 0 aliphatic heterocycles. The summed E-state index contributed by atoms with van der Waals surface area (Å²) < 4.78 is 11.3. The number of nitrogens with one attached hydrogen (secondary N) is 1. The summed E-state index contributed by atoms with van der Waals surface area (Å²) in [4.78, 5) is 8.19. The molecule has 0 spiro atoms. The van der Waals surface area contributed by atoms with Crippen LogP contribution in [0, 0.1) is 0 Å². The molecule has 6 nitrogen and oxygen atoms in total. The zero-order valence-corrected chi connectivity index (χ0v) is 13.7. The number of hydrogen-bond donors (Lipinski definition) is 1. The third-order valence-electron chi connectivity index (χ3n) is 3.25. The molecule has 2 aromatic carbocycles. The van der Waals surface area contributed by atoms with Crippen LogP contribution >= 0.6 is 11.6 Å². The van der Waals surface area contributed by atoms with Gasteiger partial charge in [0, 0.05) is 16.8 Å². The number of ether oxygens (including phenoxy) is 2. The Bertz CT molecular complexity index is 817. The second kappa shape index (κ2) is 7.61. The van der Waals surface area contributed by atoms with Crippen LogP contribution in [0.5, 0.6) is 11.5 Å². The van der Waals surface area contributed by atoms with Crippen molar-refractivity contribution >= 4 is 23.8 Å². The fourth-order valence-corrected chi connectivity index (χ4v) is 2.20. The van der Waals surface area contributed by atoms with Crippen molar-refractivity contribution in [2.24, 2.45) is 4.99 Å². The predicted molar refractivity (Wildman–Crippen MR) is 92.4 cm³/mol. The van der Waals surface area contributed by atoms with Gasteiger partial charge in [0.1, 0.15) is 12.9 Å². The Labute approximate surface area is 144 Å². The maximum absolute atomic E-state index is 5.95. The normalized spacial score (nSPS) is 10.9. The molecule has 0 amide bonds. The molecule has 0 saturated carbocycles. The van der Waals surface area contributed by atoms with Gasteiger partial charge in [-0.05, 0) is 29.8 Å². The fourth-order valence-electron chi connectivity index (χ4n) is 2.08. The number of nitrogens with zero attached hydrogens (tertiary/aromatic N) is 3. The molecule has 0 bridgehead atoms. The topological polar surface area (TPSA) is 72.4 Å². The summed E-state index contributed by atoms with van der Waals surface area (Å²) in [5, 5.41) is 7.12. The lowest BCUT2D eigenvalue weighted by molar-refractivity contribution is 0.284. The molecule has 122 valence electrons. The Kier molecular flexibility index (Phi) is 5.08. The summed E-state index contributed by atoms with van der Waals surface area (Å²) >= 11 is 5.90. The first-order chi connectivity index (χ1) is 11.8. The van der Waals surface area contributed by atoms with Crippen molar-refractivity contribution < 1.29 is 9.47 Å². The SMILES string of the molecule is COc1cccc(C=Nc2ncn[nH]2)c1OCc1ccc(Cl)cc1. The van der Waals surface area contributed by atoms with Gasteiger partial charge in [0.05, 0.1) is 7.11 Å². The monoisotopic (exact) mass is 342 g/mol. The van der Waals surface area contributed by atoms with Crippen LogP contribution in [-0.2, 0) is 6.61 Å². The minimum absolute atomic E-state index is 0.390. The molecule has 0 aliphatic rings. The fraction of sp³-hybridized carbons (Fsp3) is 0.118. The van der Waals surface area contributed by atoms with Gasteiger partial charge >= 0.3 is 0 Å². The quantitative estimate of drug-likeness (QED) is 0.692. The van der Waals surface area contributed by atoms with Crippen molar-refractivity contribution in [3.8, 4) is 11.5 Å². The van der Waals surface area contributed by atoms with Crippen molar-refractivity contribution in [2.45, 2.75) is 6.61 Å². The van der Waals surface area contributed by atoms with E-state index in [0.29, 0.717) is 29.1 Å². The highest BCUT2D eigenvalue weighted by molar-refractivity contribution is 6.30. The Morgan fingerprint density at radius 1 is 1.21 bits per heavy atom. The van der Waals surface area contributed by atoms with Crippen LogP contribution in [0.15, 0.2) is 53.8 Å². The molecular weight excluding hydrogens is 328 g/mol. The number of aromatic amines is 1. The van der Waals surface area contributed by atoms with Crippen LogP contribution in [0.2, 0.25) is 5.02 Å². The van der Waals surface area contributed by atoms with Gasteiger partial charge in [-0.15, -0.1) is 0 Å². The van der Waals surface area contributed by atoms with Gasteiger partial charge in [-0.3, -0.25) is 0 Å². The molecule has 24 heavy (non-hydrogen) atoms. The number of H-pyrrole nitrogens is 1. The van der Waals surface area contributed by atoms with E-state index >= 15 is 0 Å². The largest absolute Gasteiger partial charge is 0.493 e. The first kappa shape index (κ1) is 16.0. The molecule has 0 radical (unpaired) electrons. The van der Waals surface area contributed by atoms with E-state index in [2.05, 4.69) is 20.2 Å². The first-order valence-corrected chi connectivity index (χ1v) is 7.58. The van der Waals surface area contributed by atoms with E-state index in [4.69, 9.17) is 21.1 Å². The maximum atomic E-state index is 5.95. The van der Waals surface area contributed by atoms with E-state index in [1.807, 2.05) is 42.5 Å². The molecule has 3 rings (SSSR count). The van der Waals surface area contributed by atoms with Gasteiger partial charge in [-0.25, -0.2) is 10.1 Å². The van der Waals surface area contributed by atoms with E-state index < -0.39 is 0 Å². The summed E-state index contributed by atoms with van der Waals surface area (Å²) in [6.07, 6.45) is 3.05. The number of benzene rings is 2. The zero-order valence-electron chi connectivity index (χ0n) is 12.9. The van der Waals surface area contributed by atoms with Gasteiger partial charge in [0.15, 0.2) is 11.5 Å². The number of rotatable bonds is 6. The molecule has 3 aromatic rings. The summed E-state index contributed by atoms with van der Waals surface area (Å²) in [5.74, 6) is 1.66. The minimum Gasteiger partial charge on any atom is -0.493 e. The molecule has 1 heterocycles. The van der Waals surface area contributed by atoms with E-state index in [9.17, 15) is 0 Å². The Morgan fingerprint density at radius 2 is 2.04 bits per heavy atom. The Balaban J connectivity index is 1.83. The average molecular weight is 343 g/mol. The summed E-state index contributed by atoms with van der Waals surface area (Å²) in [6.45, 7) is 0.390. The van der Waals surface area contributed by atoms with Crippen molar-refractivity contribution in [1.29, 1.82) is 0 Å². The summed E-state index contributed by atoms with van der Waals surface area (Å²) in [5.41, 5.74) is 1.78. The van der Waals surface area contributed by atoms with E-state index in [0.717, 1.165) is 11.1 Å². The highest BCUT2D eigenvalue weighted by atomic mass is 35.5. The molecule has 1 aromatic heterocycles. The number of aliphatic imine (C=N–C) groups is 1. The Hall–Kier alpha value is -2.86. The third-order valence-corrected chi connectivity index (χ3v) is 3.51. The maximum Gasteiger partial charge on any atom is 0.245 e. The number of halogens is 1. The molecule has 0 aliphatic carbocycles. The lowest BCUT2D eigenvalue weighted by atomic mass is 10.2. The van der Waals surface area contributed by atoms with Crippen LogP contribution < -0.4 is 9.47 Å². The minimum atomic E-state index is 0.390. The van der Waals surface area contributed by atoms with Gasteiger partial charge in [-0.2, -0.15) is 10.1 Å². The molecular formula is C17H15ClN4O2. The van der Waals surface area contributed by atoms with Crippen LogP contribution in [0.4, 0.5) is 5.95 Å². The van der Waals surface area contributed by atoms with Crippen molar-refractivity contribution in [3.05, 3.63) is 64.9 Å². The second-order valence-electron chi connectivity index (χ2n) is 4.86. The summed E-state index contributed by atoms with van der Waals surface area (Å²) in [7, 11) is 1.60. The van der Waals surface area contributed by atoms with E-state index in [-0.39, 0.29) is 0 Å². The van der Waals surface area contributed by atoms with Gasteiger partial charge < -0.3 is 9.47 Å². The van der Waals surface area contributed by atoms with Crippen molar-refractivity contribution in [3.63, 3.8) is 0 Å². The van der Waals surface area contributed by atoms with Crippen molar-refractivity contribution in [1.82, 2.24) is 15.2 Å². The molecule has 0 fully saturated rings. The smallest absolute Gasteiger partial charge is 0.245 e. The highest BCUT2D eigenvalue weighted by Gasteiger charge is 2.10.